The summed E-state index contributed by atoms with van der Waals surface area (Å²) in [5, 5.41) is 5.53. The molecule has 2 aliphatic rings. The van der Waals surface area contributed by atoms with Gasteiger partial charge in [-0.25, -0.2) is 14.2 Å². The Morgan fingerprint density at radius 3 is 2.59 bits per heavy atom. The minimum atomic E-state index is -4.80. The number of hydrogen-bond donors (Lipinski definition) is 2. The van der Waals surface area contributed by atoms with Crippen molar-refractivity contribution in [2.75, 3.05) is 33.1 Å². The van der Waals surface area contributed by atoms with Crippen LogP contribution in [0.5, 0.6) is 11.5 Å². The summed E-state index contributed by atoms with van der Waals surface area (Å²) in [7, 11) is 5.26. The number of likely N-dealkylation sites (tertiary alicyclic amines) is 1. The molecule has 39 heavy (non-hydrogen) atoms. The van der Waals surface area contributed by atoms with Gasteiger partial charge in [-0.1, -0.05) is 18.2 Å². The number of methoxy groups -OCH3 is 2. The second kappa shape index (κ2) is 10.2. The van der Waals surface area contributed by atoms with Gasteiger partial charge in [0.05, 0.1) is 19.9 Å². The van der Waals surface area contributed by atoms with Crippen LogP contribution in [0.4, 0.5) is 28.0 Å². The van der Waals surface area contributed by atoms with Gasteiger partial charge < -0.3 is 25.0 Å². The SMILES string of the molecule is COc1ccc(C23CCC(NC(=O)Nc4cc(C(F)(F)F)nc5c(F)cccc45)CC2N(C)CC3)cc1OC. The Morgan fingerprint density at radius 2 is 1.87 bits per heavy atom. The second-order valence-electron chi connectivity index (χ2n) is 10.2. The third-order valence-electron chi connectivity index (χ3n) is 8.15. The summed E-state index contributed by atoms with van der Waals surface area (Å²) in [5.41, 5.74) is -0.850. The Hall–Kier alpha value is -3.60. The number of halogens is 4. The molecule has 1 aromatic heterocycles. The van der Waals surface area contributed by atoms with Crippen LogP contribution in [0, 0.1) is 5.82 Å². The molecule has 5 rings (SSSR count). The quantitative estimate of drug-likeness (QED) is 0.400. The van der Waals surface area contributed by atoms with Crippen molar-refractivity contribution < 1.29 is 31.8 Å². The summed E-state index contributed by atoms with van der Waals surface area (Å²) in [6.45, 7) is 0.896. The molecule has 2 N–H and O–H groups in total. The van der Waals surface area contributed by atoms with E-state index in [2.05, 4.69) is 33.6 Å². The number of likely N-dealkylation sites (N-methyl/N-ethyl adjacent to an activating group) is 1. The van der Waals surface area contributed by atoms with E-state index in [4.69, 9.17) is 9.47 Å². The smallest absolute Gasteiger partial charge is 0.433 e. The van der Waals surface area contributed by atoms with E-state index in [0.717, 1.165) is 37.1 Å². The highest BCUT2D eigenvalue weighted by atomic mass is 19.4. The van der Waals surface area contributed by atoms with Crippen LogP contribution in [-0.4, -0.2) is 55.8 Å². The number of pyridine rings is 1. The molecule has 0 radical (unpaired) electrons. The van der Waals surface area contributed by atoms with E-state index >= 15 is 0 Å². The Balaban J connectivity index is 1.35. The molecule has 2 amide bonds. The number of fused-ring (bicyclic) bond motifs is 2. The van der Waals surface area contributed by atoms with Crippen LogP contribution in [0.3, 0.4) is 0 Å². The zero-order valence-corrected chi connectivity index (χ0v) is 21.9. The third-order valence-corrected chi connectivity index (χ3v) is 8.15. The fraction of sp³-hybridized carbons (Fsp3) is 0.429. The number of rotatable bonds is 5. The first-order valence-corrected chi connectivity index (χ1v) is 12.7. The topological polar surface area (TPSA) is 75.7 Å². The molecule has 2 aromatic carbocycles. The summed E-state index contributed by atoms with van der Waals surface area (Å²) in [6, 6.07) is 9.85. The predicted octanol–water partition coefficient (Wildman–Crippen LogP) is 5.73. The second-order valence-corrected chi connectivity index (χ2v) is 10.2. The first kappa shape index (κ1) is 27.0. The number of aromatic nitrogens is 1. The zero-order valence-electron chi connectivity index (χ0n) is 21.9. The highest BCUT2D eigenvalue weighted by Gasteiger charge is 2.50. The number of alkyl halides is 3. The number of hydrogen-bond acceptors (Lipinski definition) is 5. The number of nitrogens with zero attached hydrogens (tertiary/aromatic N) is 2. The van der Waals surface area contributed by atoms with Crippen LogP contribution in [0.25, 0.3) is 10.9 Å². The van der Waals surface area contributed by atoms with E-state index < -0.39 is 29.2 Å². The molecule has 3 atom stereocenters. The average molecular weight is 547 g/mol. The van der Waals surface area contributed by atoms with Gasteiger partial charge >= 0.3 is 12.2 Å². The van der Waals surface area contributed by atoms with Crippen molar-refractivity contribution in [2.45, 2.75) is 49.4 Å². The maximum atomic E-state index is 14.3. The lowest BCUT2D eigenvalue weighted by Crippen LogP contribution is -2.52. The standard InChI is InChI=1S/C28H30F4N4O3/c1-36-12-11-27(16-7-8-21(38-2)22(13-16)39-3)10-9-17(14-24(27)36)33-26(37)34-20-15-23(28(30,31)32)35-25-18(20)5-4-6-19(25)29/h4-8,13,15,17,24H,9-12,14H2,1-3H3,(H2,33,34,35,37). The molecule has 1 aliphatic heterocycles. The molecular formula is C28H30F4N4O3. The molecule has 7 nitrogen and oxygen atoms in total. The van der Waals surface area contributed by atoms with Gasteiger partial charge in [0.15, 0.2) is 11.5 Å². The number of ether oxygens (including phenoxy) is 2. The van der Waals surface area contributed by atoms with Crippen LogP contribution < -0.4 is 20.1 Å². The Morgan fingerprint density at radius 1 is 1.10 bits per heavy atom. The Bertz CT molecular complexity index is 1400. The van der Waals surface area contributed by atoms with E-state index in [0.29, 0.717) is 24.3 Å². The van der Waals surface area contributed by atoms with E-state index in [1.165, 1.54) is 12.1 Å². The summed E-state index contributed by atoms with van der Waals surface area (Å²) >= 11 is 0. The number of anilines is 1. The van der Waals surface area contributed by atoms with Crippen LogP contribution in [0.15, 0.2) is 42.5 Å². The lowest BCUT2D eigenvalue weighted by Gasteiger charge is -2.45. The van der Waals surface area contributed by atoms with Crippen LogP contribution in [0.1, 0.15) is 36.9 Å². The minimum absolute atomic E-state index is 0.0878. The molecular weight excluding hydrogens is 516 g/mol. The van der Waals surface area contributed by atoms with Gasteiger partial charge in [-0.3, -0.25) is 0 Å². The maximum absolute atomic E-state index is 14.3. The van der Waals surface area contributed by atoms with E-state index in [-0.39, 0.29) is 28.6 Å². The fourth-order valence-corrected chi connectivity index (χ4v) is 6.20. The monoisotopic (exact) mass is 546 g/mol. The number of nitrogens with one attached hydrogen (secondary N) is 2. The van der Waals surface area contributed by atoms with E-state index in [9.17, 15) is 22.4 Å². The number of para-hydroxylation sites is 1. The van der Waals surface area contributed by atoms with E-state index in [1.807, 2.05) is 12.1 Å². The molecule has 3 unspecified atom stereocenters. The van der Waals surface area contributed by atoms with Crippen LogP contribution in [0.2, 0.25) is 0 Å². The molecule has 0 spiro atoms. The minimum Gasteiger partial charge on any atom is -0.493 e. The molecule has 11 heteroatoms. The van der Waals surface area contributed by atoms with Gasteiger partial charge in [-0.05, 0) is 69.1 Å². The number of benzene rings is 2. The summed E-state index contributed by atoms with van der Waals surface area (Å²) < 4.78 is 65.5. The lowest BCUT2D eigenvalue weighted by molar-refractivity contribution is -0.140. The Kier molecular flexibility index (Phi) is 7.04. The van der Waals surface area contributed by atoms with Crippen LogP contribution in [-0.2, 0) is 11.6 Å². The van der Waals surface area contributed by atoms with Gasteiger partial charge in [0.25, 0.3) is 0 Å². The number of carbonyl (C=O) groups is 1. The maximum Gasteiger partial charge on any atom is 0.433 e. The molecule has 3 aromatic rings. The number of carbonyl (C=O) groups excluding carboxylic acids is 1. The highest BCUT2D eigenvalue weighted by Crippen LogP contribution is 2.50. The zero-order chi connectivity index (χ0) is 27.9. The van der Waals surface area contributed by atoms with Crippen molar-refractivity contribution in [2.24, 2.45) is 0 Å². The Labute approximate surface area is 223 Å². The van der Waals surface area contributed by atoms with Crippen molar-refractivity contribution in [3.63, 3.8) is 0 Å². The third kappa shape index (κ3) is 4.95. The highest BCUT2D eigenvalue weighted by molar-refractivity contribution is 6.00. The lowest BCUT2D eigenvalue weighted by atomic mass is 9.65. The first-order chi connectivity index (χ1) is 18.6. The predicted molar refractivity (Wildman–Crippen MR) is 139 cm³/mol. The molecule has 1 saturated carbocycles. The van der Waals surface area contributed by atoms with Crippen LogP contribution >= 0.6 is 0 Å². The molecule has 2 fully saturated rings. The van der Waals surface area contributed by atoms with Gasteiger partial charge in [-0.15, -0.1) is 0 Å². The average Bonchev–Trinajstić information content (AvgIpc) is 3.24. The summed E-state index contributed by atoms with van der Waals surface area (Å²) in [5.74, 6) is 0.423. The summed E-state index contributed by atoms with van der Waals surface area (Å²) in [6.07, 6.45) is -1.68. The van der Waals surface area contributed by atoms with Crippen molar-refractivity contribution in [1.29, 1.82) is 0 Å². The molecule has 2 heterocycles. The van der Waals surface area contributed by atoms with Crippen molar-refractivity contribution in [1.82, 2.24) is 15.2 Å². The summed E-state index contributed by atoms with van der Waals surface area (Å²) in [4.78, 5) is 18.7. The molecule has 1 saturated heterocycles. The van der Waals surface area contributed by atoms with Gasteiger partial charge in [0.2, 0.25) is 0 Å². The fourth-order valence-electron chi connectivity index (χ4n) is 6.20. The van der Waals surface area contributed by atoms with Crippen molar-refractivity contribution >= 4 is 22.6 Å². The molecule has 1 aliphatic carbocycles. The van der Waals surface area contributed by atoms with E-state index in [1.54, 1.807) is 14.2 Å². The molecule has 0 bridgehead atoms. The van der Waals surface area contributed by atoms with Gasteiger partial charge in [0, 0.05) is 22.9 Å². The van der Waals surface area contributed by atoms with Gasteiger partial charge in [-0.2, -0.15) is 13.2 Å². The molecule has 208 valence electrons. The number of urea groups is 1. The first-order valence-electron chi connectivity index (χ1n) is 12.7. The van der Waals surface area contributed by atoms with Gasteiger partial charge in [0.1, 0.15) is 17.0 Å². The largest absolute Gasteiger partial charge is 0.493 e. The van der Waals surface area contributed by atoms with Crippen molar-refractivity contribution in [3.05, 3.63) is 59.5 Å². The normalized spacial score (nSPS) is 23.4. The number of amides is 2. The van der Waals surface area contributed by atoms with Crippen molar-refractivity contribution in [3.8, 4) is 11.5 Å².